The van der Waals surface area contributed by atoms with E-state index in [-0.39, 0.29) is 18.7 Å². The van der Waals surface area contributed by atoms with Gasteiger partial charge in [-0.2, -0.15) is 0 Å². The number of rotatable bonds is 2. The van der Waals surface area contributed by atoms with E-state index in [0.29, 0.717) is 18.9 Å². The molecule has 1 aliphatic heterocycles. The third kappa shape index (κ3) is 3.17. The van der Waals surface area contributed by atoms with Crippen molar-refractivity contribution in [1.29, 1.82) is 0 Å². The standard InChI is InChI=1S/C17H23N3O3/c1-17(2,3)23-16(22)19-9-8-12(10-19)20-14-7-5-4-6-13(14)18-15(20)11-21/h4-7,12,21H,8-11H2,1-3H3/t12-/m0/s1. The fourth-order valence-electron chi connectivity index (χ4n) is 3.06. The highest BCUT2D eigenvalue weighted by Gasteiger charge is 2.32. The first-order valence-corrected chi connectivity index (χ1v) is 7.93. The molecule has 3 rings (SSSR count). The third-order valence-electron chi connectivity index (χ3n) is 3.99. The van der Waals surface area contributed by atoms with Gasteiger partial charge in [0.15, 0.2) is 0 Å². The molecular formula is C17H23N3O3. The van der Waals surface area contributed by atoms with Gasteiger partial charge in [0.25, 0.3) is 0 Å². The van der Waals surface area contributed by atoms with Crippen molar-refractivity contribution in [3.8, 4) is 0 Å². The number of aromatic nitrogens is 2. The average Bonchev–Trinajstić information content (AvgIpc) is 3.09. The van der Waals surface area contributed by atoms with Crippen LogP contribution in [-0.4, -0.2) is 44.3 Å². The maximum atomic E-state index is 12.2. The fraction of sp³-hybridized carbons (Fsp3) is 0.529. The van der Waals surface area contributed by atoms with Gasteiger partial charge in [-0.1, -0.05) is 12.1 Å². The van der Waals surface area contributed by atoms with Gasteiger partial charge in [-0.05, 0) is 39.3 Å². The first-order valence-electron chi connectivity index (χ1n) is 7.93. The summed E-state index contributed by atoms with van der Waals surface area (Å²) in [6, 6.07) is 7.94. The molecule has 0 bridgehead atoms. The van der Waals surface area contributed by atoms with Gasteiger partial charge < -0.3 is 19.3 Å². The SMILES string of the molecule is CC(C)(C)OC(=O)N1CC[C@H](n2c(CO)nc3ccccc32)C1. The molecule has 1 N–H and O–H groups in total. The van der Waals surface area contributed by atoms with Crippen LogP contribution in [0, 0.1) is 0 Å². The van der Waals surface area contributed by atoms with Gasteiger partial charge in [0, 0.05) is 13.1 Å². The molecule has 6 nitrogen and oxygen atoms in total. The van der Waals surface area contributed by atoms with E-state index >= 15 is 0 Å². The molecule has 6 heteroatoms. The second kappa shape index (κ2) is 5.85. The molecule has 1 aromatic heterocycles. The largest absolute Gasteiger partial charge is 0.444 e. The van der Waals surface area contributed by atoms with Crippen molar-refractivity contribution in [2.24, 2.45) is 0 Å². The predicted octanol–water partition coefficient (Wildman–Crippen LogP) is 2.71. The number of amides is 1. The molecule has 0 saturated carbocycles. The average molecular weight is 317 g/mol. The van der Waals surface area contributed by atoms with Crippen molar-refractivity contribution < 1.29 is 14.6 Å². The van der Waals surface area contributed by atoms with E-state index in [4.69, 9.17) is 4.74 Å². The van der Waals surface area contributed by atoms with E-state index in [1.807, 2.05) is 45.0 Å². The number of aliphatic hydroxyl groups is 1. The van der Waals surface area contributed by atoms with Crippen LogP contribution >= 0.6 is 0 Å². The Hall–Kier alpha value is -2.08. The van der Waals surface area contributed by atoms with Crippen molar-refractivity contribution >= 4 is 17.1 Å². The van der Waals surface area contributed by atoms with Crippen LogP contribution in [0.1, 0.15) is 39.1 Å². The van der Waals surface area contributed by atoms with E-state index < -0.39 is 5.60 Å². The van der Waals surface area contributed by atoms with Crippen LogP contribution in [0.5, 0.6) is 0 Å². The number of ether oxygens (including phenoxy) is 1. The summed E-state index contributed by atoms with van der Waals surface area (Å²) in [7, 11) is 0. The predicted molar refractivity (Wildman–Crippen MR) is 87.1 cm³/mol. The first kappa shape index (κ1) is 15.8. The molecule has 1 aromatic carbocycles. The second-order valence-electron chi connectivity index (χ2n) is 6.91. The molecule has 1 fully saturated rings. The molecule has 1 amide bonds. The van der Waals surface area contributed by atoms with Gasteiger partial charge in [0.1, 0.15) is 18.0 Å². The summed E-state index contributed by atoms with van der Waals surface area (Å²) in [5.41, 5.74) is 1.37. The topological polar surface area (TPSA) is 67.6 Å². The molecule has 2 aromatic rings. The molecular weight excluding hydrogens is 294 g/mol. The van der Waals surface area contributed by atoms with Crippen LogP contribution in [-0.2, 0) is 11.3 Å². The Labute approximate surface area is 135 Å². The number of hydrogen-bond acceptors (Lipinski definition) is 4. The molecule has 0 aliphatic carbocycles. The molecule has 1 saturated heterocycles. The number of benzene rings is 1. The number of carbonyl (C=O) groups is 1. The second-order valence-corrected chi connectivity index (χ2v) is 6.91. The van der Waals surface area contributed by atoms with Crippen molar-refractivity contribution in [2.45, 2.75) is 45.4 Å². The van der Waals surface area contributed by atoms with Crippen LogP contribution in [0.3, 0.4) is 0 Å². The Morgan fingerprint density at radius 2 is 2.13 bits per heavy atom. The minimum atomic E-state index is -0.493. The van der Waals surface area contributed by atoms with Crippen molar-refractivity contribution in [3.05, 3.63) is 30.1 Å². The lowest BCUT2D eigenvalue weighted by Gasteiger charge is -2.24. The number of aliphatic hydroxyl groups excluding tert-OH is 1. The molecule has 1 aliphatic rings. The lowest BCUT2D eigenvalue weighted by Crippen LogP contribution is -2.35. The number of imidazole rings is 1. The number of nitrogens with zero attached hydrogens (tertiary/aromatic N) is 3. The molecule has 23 heavy (non-hydrogen) atoms. The number of para-hydroxylation sites is 2. The monoisotopic (exact) mass is 317 g/mol. The highest BCUT2D eigenvalue weighted by molar-refractivity contribution is 5.76. The molecule has 0 unspecified atom stereocenters. The quantitative estimate of drug-likeness (QED) is 0.925. The van der Waals surface area contributed by atoms with Crippen molar-refractivity contribution in [3.63, 3.8) is 0 Å². The summed E-state index contributed by atoms with van der Waals surface area (Å²) in [6.45, 7) is 6.71. The van der Waals surface area contributed by atoms with E-state index in [9.17, 15) is 9.90 Å². The summed E-state index contributed by atoms with van der Waals surface area (Å²) in [5.74, 6) is 0.641. The highest BCUT2D eigenvalue weighted by Crippen LogP contribution is 2.29. The first-order chi connectivity index (χ1) is 10.9. The zero-order chi connectivity index (χ0) is 16.6. The molecule has 1 atom stereocenters. The number of carbonyl (C=O) groups excluding carboxylic acids is 1. The zero-order valence-corrected chi connectivity index (χ0v) is 13.8. The van der Waals surface area contributed by atoms with Gasteiger partial charge in [-0.3, -0.25) is 0 Å². The van der Waals surface area contributed by atoms with Crippen LogP contribution in [0.4, 0.5) is 4.79 Å². The smallest absolute Gasteiger partial charge is 0.410 e. The van der Waals surface area contributed by atoms with E-state index in [1.165, 1.54) is 0 Å². The summed E-state index contributed by atoms with van der Waals surface area (Å²) in [4.78, 5) is 18.4. The number of hydrogen-bond donors (Lipinski definition) is 1. The number of likely N-dealkylation sites (tertiary alicyclic amines) is 1. The van der Waals surface area contributed by atoms with Gasteiger partial charge >= 0.3 is 6.09 Å². The highest BCUT2D eigenvalue weighted by atomic mass is 16.6. The van der Waals surface area contributed by atoms with Gasteiger partial charge in [0.05, 0.1) is 17.1 Å². The summed E-state index contributed by atoms with van der Waals surface area (Å²) >= 11 is 0. The van der Waals surface area contributed by atoms with Crippen LogP contribution in [0.15, 0.2) is 24.3 Å². The Morgan fingerprint density at radius 1 is 1.39 bits per heavy atom. The summed E-state index contributed by atoms with van der Waals surface area (Å²) in [5, 5.41) is 9.62. The fourth-order valence-corrected chi connectivity index (χ4v) is 3.06. The lowest BCUT2D eigenvalue weighted by molar-refractivity contribution is 0.0289. The van der Waals surface area contributed by atoms with Crippen LogP contribution < -0.4 is 0 Å². The summed E-state index contributed by atoms with van der Waals surface area (Å²) in [6.07, 6.45) is 0.544. The minimum Gasteiger partial charge on any atom is -0.444 e. The Morgan fingerprint density at radius 3 is 2.83 bits per heavy atom. The Kier molecular flexibility index (Phi) is 4.02. The number of fused-ring (bicyclic) bond motifs is 1. The zero-order valence-electron chi connectivity index (χ0n) is 13.8. The van der Waals surface area contributed by atoms with Crippen molar-refractivity contribution in [1.82, 2.24) is 14.5 Å². The molecule has 0 spiro atoms. The molecule has 124 valence electrons. The maximum absolute atomic E-state index is 12.2. The normalized spacial score (nSPS) is 18.6. The maximum Gasteiger partial charge on any atom is 0.410 e. The molecule has 0 radical (unpaired) electrons. The Bertz CT molecular complexity index is 717. The Balaban J connectivity index is 1.83. The van der Waals surface area contributed by atoms with E-state index in [2.05, 4.69) is 9.55 Å². The van der Waals surface area contributed by atoms with Crippen LogP contribution in [0.2, 0.25) is 0 Å². The summed E-state index contributed by atoms with van der Waals surface area (Å²) < 4.78 is 7.50. The van der Waals surface area contributed by atoms with E-state index in [0.717, 1.165) is 17.5 Å². The van der Waals surface area contributed by atoms with Gasteiger partial charge in [-0.15, -0.1) is 0 Å². The third-order valence-corrected chi connectivity index (χ3v) is 3.99. The lowest BCUT2D eigenvalue weighted by atomic mass is 10.2. The van der Waals surface area contributed by atoms with Gasteiger partial charge in [-0.25, -0.2) is 9.78 Å². The van der Waals surface area contributed by atoms with Crippen molar-refractivity contribution in [2.75, 3.05) is 13.1 Å². The van der Waals surface area contributed by atoms with Crippen LogP contribution in [0.25, 0.3) is 11.0 Å². The molecule has 2 heterocycles. The van der Waals surface area contributed by atoms with Gasteiger partial charge in [0.2, 0.25) is 0 Å². The minimum absolute atomic E-state index is 0.108. The van der Waals surface area contributed by atoms with E-state index in [1.54, 1.807) is 4.90 Å².